The van der Waals surface area contributed by atoms with Crippen LogP contribution in [0.25, 0.3) is 0 Å². The second kappa shape index (κ2) is 6.06. The Morgan fingerprint density at radius 2 is 2.12 bits per heavy atom. The highest BCUT2D eigenvalue weighted by Gasteiger charge is 2.06. The minimum atomic E-state index is -2.85. The Hall–Kier alpha value is -0.810. The van der Waals surface area contributed by atoms with Gasteiger partial charge in [0.2, 0.25) is 0 Å². The molecule has 4 nitrogen and oxygen atoms in total. The van der Waals surface area contributed by atoms with Gasteiger partial charge in [0.1, 0.15) is 0 Å². The third-order valence-corrected chi connectivity index (χ3v) is 4.31. The van der Waals surface area contributed by atoms with E-state index in [2.05, 4.69) is 16.8 Å². The van der Waals surface area contributed by atoms with Gasteiger partial charge in [0, 0.05) is 37.3 Å². The molecule has 16 heavy (non-hydrogen) atoms. The van der Waals surface area contributed by atoms with E-state index in [4.69, 9.17) is 0 Å². The Bertz CT molecular complexity index is 409. The van der Waals surface area contributed by atoms with Crippen LogP contribution in [-0.2, 0) is 22.9 Å². The summed E-state index contributed by atoms with van der Waals surface area (Å²) in [4.78, 5) is 0. The van der Waals surface area contributed by atoms with Gasteiger partial charge in [0.25, 0.3) is 0 Å². The first kappa shape index (κ1) is 13.3. The molecule has 5 heteroatoms. The molecule has 1 aromatic heterocycles. The van der Waals surface area contributed by atoms with E-state index in [0.29, 0.717) is 6.54 Å². The fourth-order valence-corrected chi connectivity index (χ4v) is 2.25. The van der Waals surface area contributed by atoms with Crippen LogP contribution in [0.15, 0.2) is 18.3 Å². The zero-order valence-corrected chi connectivity index (χ0v) is 10.8. The van der Waals surface area contributed by atoms with Crippen molar-refractivity contribution in [1.82, 2.24) is 9.88 Å². The average Bonchev–Trinajstić information content (AvgIpc) is 2.72. The monoisotopic (exact) mass is 244 g/mol. The van der Waals surface area contributed by atoms with Crippen LogP contribution in [0.3, 0.4) is 0 Å². The molecular weight excluding hydrogens is 224 g/mol. The Balaban J connectivity index is 2.31. The zero-order chi connectivity index (χ0) is 12.0. The number of nitrogens with one attached hydrogen (secondary N) is 1. The molecule has 92 valence electrons. The van der Waals surface area contributed by atoms with E-state index in [0.717, 1.165) is 13.1 Å². The SMILES string of the molecule is CCn1cccc1CNCCS(=O)(=O)CC. The second-order valence-electron chi connectivity index (χ2n) is 3.70. The quantitative estimate of drug-likeness (QED) is 0.729. The van der Waals surface area contributed by atoms with Gasteiger partial charge in [0.15, 0.2) is 9.84 Å². The predicted molar refractivity (Wildman–Crippen MR) is 66.1 cm³/mol. The molecule has 0 amide bonds. The molecule has 1 rings (SSSR count). The molecule has 0 fully saturated rings. The molecular formula is C11H20N2O2S. The van der Waals surface area contributed by atoms with Crippen LogP contribution in [0.5, 0.6) is 0 Å². The number of rotatable bonds is 7. The van der Waals surface area contributed by atoms with Gasteiger partial charge in [-0.1, -0.05) is 6.92 Å². The van der Waals surface area contributed by atoms with E-state index >= 15 is 0 Å². The first-order chi connectivity index (χ1) is 7.59. The fourth-order valence-electron chi connectivity index (χ4n) is 1.51. The molecule has 0 bridgehead atoms. The molecule has 0 atom stereocenters. The van der Waals surface area contributed by atoms with Crippen molar-refractivity contribution >= 4 is 9.84 Å². The lowest BCUT2D eigenvalue weighted by Gasteiger charge is -2.07. The van der Waals surface area contributed by atoms with Crippen molar-refractivity contribution in [1.29, 1.82) is 0 Å². The van der Waals surface area contributed by atoms with Crippen LogP contribution in [0.2, 0.25) is 0 Å². The molecule has 0 spiro atoms. The van der Waals surface area contributed by atoms with Crippen LogP contribution in [0.4, 0.5) is 0 Å². The average molecular weight is 244 g/mol. The third kappa shape index (κ3) is 3.98. The molecule has 0 saturated heterocycles. The summed E-state index contributed by atoms with van der Waals surface area (Å²) in [7, 11) is -2.85. The lowest BCUT2D eigenvalue weighted by Crippen LogP contribution is -2.24. The number of hydrogen-bond acceptors (Lipinski definition) is 3. The standard InChI is InChI=1S/C11H20N2O2S/c1-3-13-8-5-6-11(13)10-12-7-9-16(14,15)4-2/h5-6,8,12H,3-4,7,9-10H2,1-2H3. The molecule has 0 radical (unpaired) electrons. The van der Waals surface area contributed by atoms with E-state index in [1.54, 1.807) is 6.92 Å². The normalized spacial score (nSPS) is 11.9. The third-order valence-electron chi connectivity index (χ3n) is 2.60. The second-order valence-corrected chi connectivity index (χ2v) is 6.17. The van der Waals surface area contributed by atoms with Gasteiger partial charge in [-0.05, 0) is 19.1 Å². The van der Waals surface area contributed by atoms with Crippen molar-refractivity contribution < 1.29 is 8.42 Å². The van der Waals surface area contributed by atoms with Crippen molar-refractivity contribution in [2.24, 2.45) is 0 Å². The largest absolute Gasteiger partial charge is 0.351 e. The molecule has 0 aliphatic rings. The predicted octanol–water partition coefficient (Wildman–Crippen LogP) is 1.03. The summed E-state index contributed by atoms with van der Waals surface area (Å²) >= 11 is 0. The van der Waals surface area contributed by atoms with Crippen LogP contribution in [0.1, 0.15) is 19.5 Å². The highest BCUT2D eigenvalue weighted by molar-refractivity contribution is 7.91. The minimum Gasteiger partial charge on any atom is -0.351 e. The number of sulfone groups is 1. The maximum atomic E-state index is 11.2. The maximum Gasteiger partial charge on any atom is 0.151 e. The van der Waals surface area contributed by atoms with Gasteiger partial charge in [-0.25, -0.2) is 8.42 Å². The summed E-state index contributed by atoms with van der Waals surface area (Å²) in [5.74, 6) is 0.441. The molecule has 1 aromatic rings. The zero-order valence-electron chi connectivity index (χ0n) is 9.94. The van der Waals surface area contributed by atoms with Crippen molar-refractivity contribution in [2.45, 2.75) is 26.9 Å². The van der Waals surface area contributed by atoms with Crippen molar-refractivity contribution in [3.8, 4) is 0 Å². The van der Waals surface area contributed by atoms with E-state index in [9.17, 15) is 8.42 Å². The molecule has 0 aliphatic heterocycles. The molecule has 0 unspecified atom stereocenters. The lowest BCUT2D eigenvalue weighted by molar-refractivity contribution is 0.588. The topological polar surface area (TPSA) is 51.1 Å². The van der Waals surface area contributed by atoms with Crippen molar-refractivity contribution in [2.75, 3.05) is 18.1 Å². The van der Waals surface area contributed by atoms with E-state index in [1.807, 2.05) is 18.3 Å². The number of aromatic nitrogens is 1. The number of nitrogens with zero attached hydrogens (tertiary/aromatic N) is 1. The maximum absolute atomic E-state index is 11.2. The van der Waals surface area contributed by atoms with Gasteiger partial charge in [0.05, 0.1) is 5.75 Å². The fraction of sp³-hybridized carbons (Fsp3) is 0.636. The Labute approximate surface area is 97.6 Å². The van der Waals surface area contributed by atoms with Gasteiger partial charge in [-0.2, -0.15) is 0 Å². The van der Waals surface area contributed by atoms with Crippen LogP contribution < -0.4 is 5.32 Å². The summed E-state index contributed by atoms with van der Waals surface area (Å²) in [5, 5.41) is 3.15. The summed E-state index contributed by atoms with van der Waals surface area (Å²) in [6.45, 7) is 5.95. The minimum absolute atomic E-state index is 0.219. The number of hydrogen-bond donors (Lipinski definition) is 1. The highest BCUT2D eigenvalue weighted by Crippen LogP contribution is 2.01. The van der Waals surface area contributed by atoms with E-state index in [1.165, 1.54) is 5.69 Å². The van der Waals surface area contributed by atoms with Gasteiger partial charge < -0.3 is 9.88 Å². The molecule has 1 N–H and O–H groups in total. The summed E-state index contributed by atoms with van der Waals surface area (Å²) < 4.78 is 24.6. The smallest absolute Gasteiger partial charge is 0.151 e. The Kier molecular flexibility index (Phi) is 5.02. The summed E-state index contributed by atoms with van der Waals surface area (Å²) in [6, 6.07) is 4.05. The highest BCUT2D eigenvalue weighted by atomic mass is 32.2. The van der Waals surface area contributed by atoms with Crippen molar-refractivity contribution in [3.63, 3.8) is 0 Å². The first-order valence-electron chi connectivity index (χ1n) is 5.64. The Morgan fingerprint density at radius 1 is 1.38 bits per heavy atom. The van der Waals surface area contributed by atoms with Crippen LogP contribution >= 0.6 is 0 Å². The van der Waals surface area contributed by atoms with Gasteiger partial charge in [-0.15, -0.1) is 0 Å². The first-order valence-corrected chi connectivity index (χ1v) is 7.46. The van der Waals surface area contributed by atoms with Crippen LogP contribution in [0, 0.1) is 0 Å². The Morgan fingerprint density at radius 3 is 2.75 bits per heavy atom. The molecule has 0 aliphatic carbocycles. The number of aryl methyl sites for hydroxylation is 1. The van der Waals surface area contributed by atoms with E-state index < -0.39 is 9.84 Å². The molecule has 0 saturated carbocycles. The van der Waals surface area contributed by atoms with Gasteiger partial charge in [-0.3, -0.25) is 0 Å². The summed E-state index contributed by atoms with van der Waals surface area (Å²) in [5.41, 5.74) is 1.19. The molecule has 0 aromatic carbocycles. The van der Waals surface area contributed by atoms with Crippen LogP contribution in [-0.4, -0.2) is 31.0 Å². The van der Waals surface area contributed by atoms with E-state index in [-0.39, 0.29) is 11.5 Å². The molecule has 1 heterocycles. The summed E-state index contributed by atoms with van der Waals surface area (Å²) in [6.07, 6.45) is 2.03. The lowest BCUT2D eigenvalue weighted by atomic mass is 10.4. The van der Waals surface area contributed by atoms with Crippen molar-refractivity contribution in [3.05, 3.63) is 24.0 Å². The van der Waals surface area contributed by atoms with Gasteiger partial charge >= 0.3 is 0 Å².